The molecular weight excluding hydrogens is 242 g/mol. The van der Waals surface area contributed by atoms with Crippen LogP contribution in [0.4, 0.5) is 0 Å². The summed E-state index contributed by atoms with van der Waals surface area (Å²) in [5.41, 5.74) is 0.781. The van der Waals surface area contributed by atoms with E-state index >= 15 is 0 Å². The number of pyridine rings is 1. The smallest absolute Gasteiger partial charge is 0.270 e. The lowest BCUT2D eigenvalue weighted by Gasteiger charge is -2.27. The summed E-state index contributed by atoms with van der Waals surface area (Å²) in [5, 5.41) is 20.7. The molecule has 0 saturated heterocycles. The molecule has 5 heteroatoms. The number of carbonyl (C=O) groups excluding carboxylic acids is 1. The third-order valence-corrected chi connectivity index (χ3v) is 3.57. The first-order chi connectivity index (χ1) is 9.22. The van der Waals surface area contributed by atoms with Gasteiger partial charge in [-0.15, -0.1) is 0 Å². The van der Waals surface area contributed by atoms with E-state index in [4.69, 9.17) is 10.4 Å². The maximum absolute atomic E-state index is 12.0. The molecule has 5 nitrogen and oxygen atoms in total. The van der Waals surface area contributed by atoms with Gasteiger partial charge in [-0.1, -0.05) is 0 Å². The molecule has 1 aliphatic rings. The van der Waals surface area contributed by atoms with Crippen molar-refractivity contribution in [3.05, 3.63) is 29.6 Å². The first-order valence-corrected chi connectivity index (χ1v) is 6.51. The van der Waals surface area contributed by atoms with Gasteiger partial charge in [-0.05, 0) is 43.7 Å². The monoisotopic (exact) mass is 259 g/mol. The van der Waals surface area contributed by atoms with Gasteiger partial charge in [-0.3, -0.25) is 4.79 Å². The highest BCUT2D eigenvalue weighted by molar-refractivity contribution is 5.92. The SMILES string of the molecule is N#Cc1ccc(C(=O)NC2CCC(CO)CC2)nc1. The highest BCUT2D eigenvalue weighted by atomic mass is 16.3. The quantitative estimate of drug-likeness (QED) is 0.855. The number of aromatic nitrogens is 1. The molecule has 0 aliphatic heterocycles. The van der Waals surface area contributed by atoms with Gasteiger partial charge in [0, 0.05) is 18.8 Å². The summed E-state index contributed by atoms with van der Waals surface area (Å²) < 4.78 is 0. The second-order valence-corrected chi connectivity index (χ2v) is 4.92. The summed E-state index contributed by atoms with van der Waals surface area (Å²) in [5.74, 6) is 0.179. The van der Waals surface area contributed by atoms with Crippen molar-refractivity contribution in [1.29, 1.82) is 5.26 Å². The van der Waals surface area contributed by atoms with Crippen LogP contribution in [0.1, 0.15) is 41.7 Å². The lowest BCUT2D eigenvalue weighted by atomic mass is 9.86. The Bertz CT molecular complexity index is 470. The largest absolute Gasteiger partial charge is 0.396 e. The van der Waals surface area contributed by atoms with Crippen LogP contribution in [0, 0.1) is 17.2 Å². The first kappa shape index (κ1) is 13.5. The molecule has 1 saturated carbocycles. The average molecular weight is 259 g/mol. The molecule has 1 aromatic heterocycles. The van der Waals surface area contributed by atoms with Gasteiger partial charge in [0.05, 0.1) is 5.56 Å². The number of nitriles is 1. The number of aliphatic hydroxyl groups excluding tert-OH is 1. The van der Waals surface area contributed by atoms with Crippen LogP contribution in [0.5, 0.6) is 0 Å². The molecule has 1 heterocycles. The first-order valence-electron chi connectivity index (χ1n) is 6.51. The van der Waals surface area contributed by atoms with E-state index in [1.54, 1.807) is 12.1 Å². The van der Waals surface area contributed by atoms with Crippen molar-refractivity contribution in [3.8, 4) is 6.07 Å². The summed E-state index contributed by atoms with van der Waals surface area (Å²) in [4.78, 5) is 15.9. The van der Waals surface area contributed by atoms with E-state index in [2.05, 4.69) is 10.3 Å². The summed E-state index contributed by atoms with van der Waals surface area (Å²) in [6.07, 6.45) is 5.09. The van der Waals surface area contributed by atoms with Crippen molar-refractivity contribution in [2.75, 3.05) is 6.61 Å². The van der Waals surface area contributed by atoms with Gasteiger partial charge < -0.3 is 10.4 Å². The molecule has 0 bridgehead atoms. The van der Waals surface area contributed by atoms with Crippen LogP contribution in [-0.2, 0) is 0 Å². The van der Waals surface area contributed by atoms with E-state index in [0.717, 1.165) is 25.7 Å². The molecule has 1 fully saturated rings. The van der Waals surface area contributed by atoms with Gasteiger partial charge in [0.25, 0.3) is 5.91 Å². The Hall–Kier alpha value is -1.93. The Labute approximate surface area is 112 Å². The fourth-order valence-electron chi connectivity index (χ4n) is 2.34. The second kappa shape index (κ2) is 6.30. The maximum atomic E-state index is 12.0. The van der Waals surface area contributed by atoms with Gasteiger partial charge in [-0.2, -0.15) is 5.26 Å². The second-order valence-electron chi connectivity index (χ2n) is 4.92. The fourth-order valence-corrected chi connectivity index (χ4v) is 2.34. The standard InChI is InChI=1S/C14H17N3O2/c15-7-11-3-6-13(16-8-11)14(19)17-12-4-1-10(9-18)2-5-12/h3,6,8,10,12,18H,1-2,4-5,9H2,(H,17,19). The van der Waals surface area contributed by atoms with E-state index in [9.17, 15) is 4.79 Å². The Morgan fingerprint density at radius 3 is 2.68 bits per heavy atom. The van der Waals surface area contributed by atoms with Crippen molar-refractivity contribution < 1.29 is 9.90 Å². The zero-order chi connectivity index (χ0) is 13.7. The number of rotatable bonds is 3. The molecule has 2 N–H and O–H groups in total. The van der Waals surface area contributed by atoms with Crippen LogP contribution in [0.25, 0.3) is 0 Å². The van der Waals surface area contributed by atoms with Crippen molar-refractivity contribution in [2.45, 2.75) is 31.7 Å². The number of hydrogen-bond donors (Lipinski definition) is 2. The summed E-state index contributed by atoms with van der Waals surface area (Å²) in [7, 11) is 0. The predicted molar refractivity (Wildman–Crippen MR) is 69.3 cm³/mol. The molecule has 19 heavy (non-hydrogen) atoms. The van der Waals surface area contributed by atoms with Crippen LogP contribution in [0.3, 0.4) is 0 Å². The van der Waals surface area contributed by atoms with Gasteiger partial charge >= 0.3 is 0 Å². The van der Waals surface area contributed by atoms with Gasteiger partial charge in [-0.25, -0.2) is 4.98 Å². The summed E-state index contributed by atoms with van der Waals surface area (Å²) in [6.45, 7) is 0.234. The molecule has 0 spiro atoms. The number of nitrogens with one attached hydrogen (secondary N) is 1. The van der Waals surface area contributed by atoms with Gasteiger partial charge in [0.1, 0.15) is 11.8 Å². The van der Waals surface area contributed by atoms with E-state index < -0.39 is 0 Å². The molecular formula is C14H17N3O2. The van der Waals surface area contributed by atoms with E-state index in [1.165, 1.54) is 6.20 Å². The number of carbonyl (C=O) groups is 1. The normalized spacial score (nSPS) is 22.5. The highest BCUT2D eigenvalue weighted by Gasteiger charge is 2.22. The minimum atomic E-state index is -0.197. The zero-order valence-electron chi connectivity index (χ0n) is 10.7. The van der Waals surface area contributed by atoms with Crippen LogP contribution >= 0.6 is 0 Å². The van der Waals surface area contributed by atoms with Gasteiger partial charge in [0.15, 0.2) is 0 Å². The van der Waals surface area contributed by atoms with Crippen molar-refractivity contribution in [1.82, 2.24) is 10.3 Å². The Balaban J connectivity index is 1.89. The van der Waals surface area contributed by atoms with Gasteiger partial charge in [0.2, 0.25) is 0 Å². The molecule has 1 amide bonds. The zero-order valence-corrected chi connectivity index (χ0v) is 10.7. The number of hydrogen-bond acceptors (Lipinski definition) is 4. The third kappa shape index (κ3) is 3.52. The fraction of sp³-hybridized carbons (Fsp3) is 0.500. The average Bonchev–Trinajstić information content (AvgIpc) is 2.48. The predicted octanol–water partition coefficient (Wildman–Crippen LogP) is 1.23. The molecule has 0 atom stereocenters. The lowest BCUT2D eigenvalue weighted by Crippen LogP contribution is -2.38. The Kier molecular flexibility index (Phi) is 4.48. The van der Waals surface area contributed by atoms with Crippen LogP contribution in [0.15, 0.2) is 18.3 Å². The van der Waals surface area contributed by atoms with Crippen molar-refractivity contribution in [3.63, 3.8) is 0 Å². The molecule has 0 aromatic carbocycles. The van der Waals surface area contributed by atoms with Crippen LogP contribution < -0.4 is 5.32 Å². The third-order valence-electron chi connectivity index (χ3n) is 3.57. The molecule has 1 aliphatic carbocycles. The van der Waals surface area contributed by atoms with Crippen LogP contribution in [-0.4, -0.2) is 28.6 Å². The lowest BCUT2D eigenvalue weighted by molar-refractivity contribution is 0.0909. The molecule has 2 rings (SSSR count). The number of aliphatic hydroxyl groups is 1. The molecule has 100 valence electrons. The van der Waals surface area contributed by atoms with E-state index in [1.807, 2.05) is 6.07 Å². The number of nitrogens with zero attached hydrogens (tertiary/aromatic N) is 2. The maximum Gasteiger partial charge on any atom is 0.270 e. The van der Waals surface area contributed by atoms with E-state index in [0.29, 0.717) is 17.2 Å². The van der Waals surface area contributed by atoms with Crippen LogP contribution in [0.2, 0.25) is 0 Å². The minimum absolute atomic E-state index is 0.160. The Morgan fingerprint density at radius 2 is 2.16 bits per heavy atom. The summed E-state index contributed by atoms with van der Waals surface area (Å²) >= 11 is 0. The number of amides is 1. The highest BCUT2D eigenvalue weighted by Crippen LogP contribution is 2.23. The molecule has 0 radical (unpaired) electrons. The molecule has 1 aromatic rings. The van der Waals surface area contributed by atoms with Crippen molar-refractivity contribution in [2.24, 2.45) is 5.92 Å². The minimum Gasteiger partial charge on any atom is -0.396 e. The molecule has 0 unspecified atom stereocenters. The topological polar surface area (TPSA) is 86.0 Å². The van der Waals surface area contributed by atoms with E-state index in [-0.39, 0.29) is 18.6 Å². The van der Waals surface area contributed by atoms with Crippen molar-refractivity contribution >= 4 is 5.91 Å². The summed E-state index contributed by atoms with van der Waals surface area (Å²) in [6, 6.07) is 5.28. The Morgan fingerprint density at radius 1 is 1.42 bits per heavy atom.